The zero-order valence-corrected chi connectivity index (χ0v) is 16.3. The third-order valence-electron chi connectivity index (χ3n) is 5.18. The molecule has 0 aromatic heterocycles. The molecule has 1 fully saturated rings. The number of anilines is 2. The molecule has 1 aliphatic heterocycles. The number of carbonyl (C=O) groups excluding carboxylic acids is 2. The van der Waals surface area contributed by atoms with Gasteiger partial charge in [-0.05, 0) is 37.9 Å². The van der Waals surface area contributed by atoms with E-state index in [1.54, 1.807) is 15.9 Å². The molecular weight excluding hydrogens is 370 g/mol. The Kier molecular flexibility index (Phi) is 6.84. The lowest BCUT2D eigenvalue weighted by Gasteiger charge is -2.45. The highest BCUT2D eigenvalue weighted by Crippen LogP contribution is 2.45. The van der Waals surface area contributed by atoms with E-state index in [2.05, 4.69) is 5.32 Å². The van der Waals surface area contributed by atoms with Crippen molar-refractivity contribution in [2.45, 2.75) is 44.6 Å². The Morgan fingerprint density at radius 3 is 2.52 bits per heavy atom. The van der Waals surface area contributed by atoms with Crippen molar-refractivity contribution in [3.63, 3.8) is 0 Å². The summed E-state index contributed by atoms with van der Waals surface area (Å²) in [6.07, 6.45) is 3.81. The molecule has 0 unspecified atom stereocenters. The van der Waals surface area contributed by atoms with E-state index in [1.165, 1.54) is 0 Å². The Bertz CT molecular complexity index is 719. The molecule has 1 saturated carbocycles. The SMILES string of the molecule is CCCN(CC(=O)O)CC(=O)N1c2ccccc2NC(=O)C12CCCC2.Cl. The van der Waals surface area contributed by atoms with Crippen molar-refractivity contribution < 1.29 is 19.5 Å². The van der Waals surface area contributed by atoms with Crippen LogP contribution in [-0.4, -0.2) is 53.0 Å². The second-order valence-corrected chi connectivity index (χ2v) is 7.04. The smallest absolute Gasteiger partial charge is 0.317 e. The van der Waals surface area contributed by atoms with Gasteiger partial charge in [-0.3, -0.25) is 24.2 Å². The number of hydrogen-bond acceptors (Lipinski definition) is 4. The number of halogens is 1. The molecule has 1 aromatic carbocycles. The van der Waals surface area contributed by atoms with Crippen molar-refractivity contribution in [2.75, 3.05) is 29.9 Å². The van der Waals surface area contributed by atoms with Gasteiger partial charge in [-0.25, -0.2) is 0 Å². The van der Waals surface area contributed by atoms with Crippen LogP contribution in [0.25, 0.3) is 0 Å². The molecule has 0 atom stereocenters. The lowest BCUT2D eigenvalue weighted by atomic mass is 9.89. The molecule has 27 heavy (non-hydrogen) atoms. The normalized spacial score (nSPS) is 17.4. The predicted octanol–water partition coefficient (Wildman–Crippen LogP) is 2.50. The largest absolute Gasteiger partial charge is 0.480 e. The number of para-hydroxylation sites is 2. The topological polar surface area (TPSA) is 90.0 Å². The van der Waals surface area contributed by atoms with Gasteiger partial charge in [-0.2, -0.15) is 0 Å². The van der Waals surface area contributed by atoms with Gasteiger partial charge >= 0.3 is 5.97 Å². The number of nitrogens with one attached hydrogen (secondary N) is 1. The van der Waals surface area contributed by atoms with E-state index in [4.69, 9.17) is 5.11 Å². The van der Waals surface area contributed by atoms with Crippen LogP contribution in [-0.2, 0) is 14.4 Å². The Labute approximate surface area is 165 Å². The fourth-order valence-corrected chi connectivity index (χ4v) is 4.11. The summed E-state index contributed by atoms with van der Waals surface area (Å²) in [7, 11) is 0. The molecule has 2 aliphatic rings. The highest BCUT2D eigenvalue weighted by Gasteiger charge is 2.52. The average molecular weight is 396 g/mol. The monoisotopic (exact) mass is 395 g/mol. The summed E-state index contributed by atoms with van der Waals surface area (Å²) in [5, 5.41) is 12.1. The molecule has 2 N–H and O–H groups in total. The first-order chi connectivity index (χ1) is 12.5. The van der Waals surface area contributed by atoms with Crippen molar-refractivity contribution >= 4 is 41.6 Å². The number of carboxylic acid groups (broad SMARTS) is 1. The Morgan fingerprint density at radius 2 is 1.89 bits per heavy atom. The van der Waals surface area contributed by atoms with Gasteiger partial charge in [-0.15, -0.1) is 12.4 Å². The Morgan fingerprint density at radius 1 is 1.22 bits per heavy atom. The van der Waals surface area contributed by atoms with Crippen LogP contribution in [0.4, 0.5) is 11.4 Å². The number of carboxylic acids is 1. The zero-order chi connectivity index (χ0) is 18.7. The van der Waals surface area contributed by atoms with Gasteiger partial charge in [0, 0.05) is 0 Å². The first-order valence-corrected chi connectivity index (χ1v) is 9.15. The molecule has 8 heteroatoms. The van der Waals surface area contributed by atoms with Gasteiger partial charge in [0.05, 0.1) is 24.5 Å². The number of hydrogen-bond donors (Lipinski definition) is 2. The second kappa shape index (κ2) is 8.71. The molecule has 0 bridgehead atoms. The molecule has 148 valence electrons. The maximum atomic E-state index is 13.2. The standard InChI is InChI=1S/C19H25N3O4.ClH/c1-2-11-21(13-17(24)25)12-16(23)22-15-8-4-3-7-14(15)20-18(26)19(22)9-5-6-10-19;/h3-4,7-8H,2,5-6,9-13H2,1H3,(H,20,26)(H,24,25);1H. The van der Waals surface area contributed by atoms with E-state index in [0.29, 0.717) is 30.8 Å². The summed E-state index contributed by atoms with van der Waals surface area (Å²) >= 11 is 0. The average Bonchev–Trinajstić information content (AvgIpc) is 3.06. The molecule has 1 heterocycles. The quantitative estimate of drug-likeness (QED) is 0.772. The molecule has 0 radical (unpaired) electrons. The van der Waals surface area contributed by atoms with Gasteiger partial charge in [0.15, 0.2) is 0 Å². The van der Waals surface area contributed by atoms with Crippen LogP contribution in [0.3, 0.4) is 0 Å². The van der Waals surface area contributed by atoms with Gasteiger partial charge in [-0.1, -0.05) is 31.9 Å². The number of benzene rings is 1. The van der Waals surface area contributed by atoms with Gasteiger partial charge < -0.3 is 10.4 Å². The fourth-order valence-electron chi connectivity index (χ4n) is 4.11. The maximum Gasteiger partial charge on any atom is 0.317 e. The van der Waals surface area contributed by atoms with Crippen LogP contribution in [0.5, 0.6) is 0 Å². The third-order valence-corrected chi connectivity index (χ3v) is 5.18. The Hall–Kier alpha value is -2.12. The zero-order valence-electron chi connectivity index (χ0n) is 15.4. The number of rotatable bonds is 6. The van der Waals surface area contributed by atoms with E-state index in [9.17, 15) is 14.4 Å². The fraction of sp³-hybridized carbons (Fsp3) is 0.526. The van der Waals surface area contributed by atoms with Crippen molar-refractivity contribution in [1.82, 2.24) is 4.90 Å². The molecule has 3 rings (SSSR count). The first kappa shape index (κ1) is 21.2. The minimum Gasteiger partial charge on any atom is -0.480 e. The highest BCUT2D eigenvalue weighted by atomic mass is 35.5. The number of carbonyl (C=O) groups is 3. The van der Waals surface area contributed by atoms with E-state index in [-0.39, 0.29) is 37.3 Å². The summed E-state index contributed by atoms with van der Waals surface area (Å²) in [5.74, 6) is -1.31. The van der Waals surface area contributed by atoms with Crippen LogP contribution in [0.15, 0.2) is 24.3 Å². The first-order valence-electron chi connectivity index (χ1n) is 9.15. The van der Waals surface area contributed by atoms with E-state index in [0.717, 1.165) is 19.3 Å². The van der Waals surface area contributed by atoms with Crippen LogP contribution in [0.2, 0.25) is 0 Å². The number of fused-ring (bicyclic) bond motifs is 1. The number of amides is 2. The van der Waals surface area contributed by atoms with E-state index < -0.39 is 11.5 Å². The summed E-state index contributed by atoms with van der Waals surface area (Å²) in [4.78, 5) is 40.5. The minimum atomic E-state index is -0.960. The van der Waals surface area contributed by atoms with Gasteiger partial charge in [0.25, 0.3) is 5.91 Å². The van der Waals surface area contributed by atoms with E-state index in [1.807, 2.05) is 25.1 Å². The molecule has 0 saturated heterocycles. The number of nitrogens with zero attached hydrogens (tertiary/aromatic N) is 2. The van der Waals surface area contributed by atoms with Crippen molar-refractivity contribution in [2.24, 2.45) is 0 Å². The molecular formula is C19H26ClN3O4. The van der Waals surface area contributed by atoms with E-state index >= 15 is 0 Å². The molecule has 1 aliphatic carbocycles. The predicted molar refractivity (Wildman–Crippen MR) is 105 cm³/mol. The van der Waals surface area contributed by atoms with Gasteiger partial charge in [0.2, 0.25) is 5.91 Å². The molecule has 1 spiro atoms. The molecule has 1 aromatic rings. The van der Waals surface area contributed by atoms with Gasteiger partial charge in [0.1, 0.15) is 5.54 Å². The Balaban J connectivity index is 0.00000261. The minimum absolute atomic E-state index is 0. The lowest BCUT2D eigenvalue weighted by molar-refractivity contribution is -0.139. The summed E-state index contributed by atoms with van der Waals surface area (Å²) in [6.45, 7) is 2.27. The highest BCUT2D eigenvalue weighted by molar-refractivity contribution is 6.15. The van der Waals surface area contributed by atoms with Crippen molar-refractivity contribution in [1.29, 1.82) is 0 Å². The third kappa shape index (κ3) is 4.09. The van der Waals surface area contributed by atoms with Crippen LogP contribution >= 0.6 is 12.4 Å². The summed E-state index contributed by atoms with van der Waals surface area (Å²) in [6, 6.07) is 7.30. The van der Waals surface area contributed by atoms with Crippen molar-refractivity contribution in [3.05, 3.63) is 24.3 Å². The molecule has 7 nitrogen and oxygen atoms in total. The van der Waals surface area contributed by atoms with Crippen LogP contribution in [0, 0.1) is 0 Å². The maximum absolute atomic E-state index is 13.2. The van der Waals surface area contributed by atoms with Crippen LogP contribution < -0.4 is 10.2 Å². The number of aliphatic carboxylic acids is 1. The molecule has 2 amide bonds. The summed E-state index contributed by atoms with van der Waals surface area (Å²) < 4.78 is 0. The van der Waals surface area contributed by atoms with Crippen LogP contribution in [0.1, 0.15) is 39.0 Å². The lowest BCUT2D eigenvalue weighted by Crippen LogP contribution is -2.62. The van der Waals surface area contributed by atoms with Crippen molar-refractivity contribution in [3.8, 4) is 0 Å². The second-order valence-electron chi connectivity index (χ2n) is 7.04. The summed E-state index contributed by atoms with van der Waals surface area (Å²) in [5.41, 5.74) is 0.474.